The number of urea groups is 1. The Morgan fingerprint density at radius 3 is 3.29 bits per heavy atom. The SMILES string of the molecule is CC[C@H]1OCC[C@@H]1NC(=O)NCC1CCCn2ccnc21. The van der Waals surface area contributed by atoms with Crippen LogP contribution in [-0.2, 0) is 11.3 Å². The number of hydrogen-bond acceptors (Lipinski definition) is 3. The van der Waals surface area contributed by atoms with Gasteiger partial charge in [-0.1, -0.05) is 6.92 Å². The van der Waals surface area contributed by atoms with Crippen molar-refractivity contribution in [2.45, 2.75) is 57.2 Å². The third-order valence-electron chi connectivity index (χ3n) is 4.50. The molecule has 6 heteroatoms. The predicted octanol–water partition coefficient (Wildman–Crippen LogP) is 1.63. The monoisotopic (exact) mass is 292 g/mol. The molecule has 6 nitrogen and oxygen atoms in total. The Bertz CT molecular complexity index is 488. The number of nitrogens with one attached hydrogen (secondary N) is 2. The summed E-state index contributed by atoms with van der Waals surface area (Å²) in [6.07, 6.45) is 8.08. The van der Waals surface area contributed by atoms with Crippen LogP contribution in [-0.4, -0.2) is 40.9 Å². The number of ether oxygens (including phenoxy) is 1. The zero-order valence-electron chi connectivity index (χ0n) is 12.5. The van der Waals surface area contributed by atoms with Crippen LogP contribution < -0.4 is 10.6 Å². The fourth-order valence-electron chi connectivity index (χ4n) is 3.35. The molecule has 0 spiro atoms. The summed E-state index contributed by atoms with van der Waals surface area (Å²) in [5.74, 6) is 1.42. The Morgan fingerprint density at radius 1 is 1.52 bits per heavy atom. The normalized spacial score (nSPS) is 28.1. The third-order valence-corrected chi connectivity index (χ3v) is 4.50. The van der Waals surface area contributed by atoms with Crippen molar-refractivity contribution in [3.63, 3.8) is 0 Å². The van der Waals surface area contributed by atoms with Crippen molar-refractivity contribution in [1.82, 2.24) is 20.2 Å². The van der Waals surface area contributed by atoms with Crippen LogP contribution >= 0.6 is 0 Å². The van der Waals surface area contributed by atoms with Crippen LogP contribution in [0.25, 0.3) is 0 Å². The molecule has 3 heterocycles. The fraction of sp³-hybridized carbons (Fsp3) is 0.733. The van der Waals surface area contributed by atoms with E-state index in [9.17, 15) is 4.79 Å². The molecule has 0 aromatic carbocycles. The number of rotatable bonds is 4. The zero-order valence-corrected chi connectivity index (χ0v) is 12.5. The maximum absolute atomic E-state index is 12.0. The minimum Gasteiger partial charge on any atom is -0.376 e. The summed E-state index contributed by atoms with van der Waals surface area (Å²) < 4.78 is 7.78. The average molecular weight is 292 g/mol. The van der Waals surface area contributed by atoms with Gasteiger partial charge in [-0.25, -0.2) is 9.78 Å². The maximum atomic E-state index is 12.0. The fourth-order valence-corrected chi connectivity index (χ4v) is 3.35. The van der Waals surface area contributed by atoms with Crippen LogP contribution in [0.1, 0.15) is 44.3 Å². The van der Waals surface area contributed by atoms with Crippen LogP contribution in [0.15, 0.2) is 12.4 Å². The standard InChI is InChI=1S/C15H24N4O2/c1-2-13-12(5-9-21-13)18-15(20)17-10-11-4-3-7-19-8-6-16-14(11)19/h6,8,11-13H,2-5,7,9-10H2,1H3,(H2,17,18,20)/t11?,12-,13+/m0/s1. The molecular weight excluding hydrogens is 268 g/mol. The maximum Gasteiger partial charge on any atom is 0.315 e. The third kappa shape index (κ3) is 3.20. The first-order valence-corrected chi connectivity index (χ1v) is 7.95. The van der Waals surface area contributed by atoms with Gasteiger partial charge in [0.15, 0.2) is 0 Å². The lowest BCUT2D eigenvalue weighted by molar-refractivity contribution is 0.0965. The van der Waals surface area contributed by atoms with E-state index in [1.807, 2.05) is 12.4 Å². The van der Waals surface area contributed by atoms with E-state index in [1.165, 1.54) is 0 Å². The first-order chi connectivity index (χ1) is 10.3. The molecule has 3 rings (SSSR count). The number of fused-ring (bicyclic) bond motifs is 1. The number of carbonyl (C=O) groups excluding carboxylic acids is 1. The largest absolute Gasteiger partial charge is 0.376 e. The van der Waals surface area contributed by atoms with Gasteiger partial charge in [0, 0.05) is 38.0 Å². The number of imidazole rings is 1. The second-order valence-corrected chi connectivity index (χ2v) is 5.89. The number of nitrogens with zero attached hydrogens (tertiary/aromatic N) is 2. The number of aryl methyl sites for hydroxylation is 1. The first-order valence-electron chi connectivity index (χ1n) is 7.95. The Hall–Kier alpha value is -1.56. The number of carbonyl (C=O) groups is 1. The van der Waals surface area contributed by atoms with Gasteiger partial charge < -0.3 is 19.9 Å². The molecule has 116 valence electrons. The summed E-state index contributed by atoms with van der Waals surface area (Å²) in [4.78, 5) is 16.5. The molecule has 2 aliphatic rings. The number of aromatic nitrogens is 2. The quantitative estimate of drug-likeness (QED) is 0.886. The Labute approximate surface area is 125 Å². The number of amides is 2. The Kier molecular flexibility index (Phi) is 4.43. The van der Waals surface area contributed by atoms with Crippen molar-refractivity contribution in [2.24, 2.45) is 0 Å². The van der Waals surface area contributed by atoms with Gasteiger partial charge in [0.25, 0.3) is 0 Å². The number of hydrogen-bond donors (Lipinski definition) is 2. The van der Waals surface area contributed by atoms with Crippen LogP contribution in [0.3, 0.4) is 0 Å². The zero-order chi connectivity index (χ0) is 14.7. The van der Waals surface area contributed by atoms with Crippen LogP contribution in [0.5, 0.6) is 0 Å². The molecule has 1 unspecified atom stereocenters. The first kappa shape index (κ1) is 14.4. The molecular formula is C15H24N4O2. The van der Waals surface area contributed by atoms with Crippen molar-refractivity contribution in [2.75, 3.05) is 13.2 Å². The molecule has 2 aliphatic heterocycles. The van der Waals surface area contributed by atoms with Crippen molar-refractivity contribution in [1.29, 1.82) is 0 Å². The lowest BCUT2D eigenvalue weighted by atomic mass is 9.99. The smallest absolute Gasteiger partial charge is 0.315 e. The van der Waals surface area contributed by atoms with E-state index in [1.54, 1.807) is 0 Å². The topological polar surface area (TPSA) is 68.2 Å². The van der Waals surface area contributed by atoms with Crippen molar-refractivity contribution >= 4 is 6.03 Å². The molecule has 0 bridgehead atoms. The van der Waals surface area contributed by atoms with Gasteiger partial charge in [-0.3, -0.25) is 0 Å². The minimum atomic E-state index is -0.0902. The summed E-state index contributed by atoms with van der Waals surface area (Å²) in [7, 11) is 0. The highest BCUT2D eigenvalue weighted by Gasteiger charge is 2.28. The Morgan fingerprint density at radius 2 is 2.43 bits per heavy atom. The van der Waals surface area contributed by atoms with Crippen molar-refractivity contribution < 1.29 is 9.53 Å². The van der Waals surface area contributed by atoms with Gasteiger partial charge in [0.1, 0.15) is 5.82 Å². The van der Waals surface area contributed by atoms with Gasteiger partial charge in [-0.05, 0) is 25.7 Å². The van der Waals surface area contributed by atoms with E-state index in [-0.39, 0.29) is 18.2 Å². The molecule has 1 aromatic heterocycles. The molecule has 3 atom stereocenters. The average Bonchev–Trinajstić information content (AvgIpc) is 3.13. The minimum absolute atomic E-state index is 0.0902. The highest BCUT2D eigenvalue weighted by atomic mass is 16.5. The molecule has 2 N–H and O–H groups in total. The highest BCUT2D eigenvalue weighted by molar-refractivity contribution is 5.74. The van der Waals surface area contributed by atoms with E-state index < -0.39 is 0 Å². The van der Waals surface area contributed by atoms with Crippen LogP contribution in [0.4, 0.5) is 4.79 Å². The van der Waals surface area contributed by atoms with E-state index in [4.69, 9.17) is 4.74 Å². The van der Waals surface area contributed by atoms with Crippen molar-refractivity contribution in [3.8, 4) is 0 Å². The van der Waals surface area contributed by atoms with E-state index >= 15 is 0 Å². The van der Waals surface area contributed by atoms with Crippen LogP contribution in [0.2, 0.25) is 0 Å². The van der Waals surface area contributed by atoms with Crippen LogP contribution in [0, 0.1) is 0 Å². The summed E-state index contributed by atoms with van der Waals surface area (Å²) in [6, 6.07) is 0.0518. The van der Waals surface area contributed by atoms with Gasteiger partial charge in [-0.2, -0.15) is 0 Å². The summed E-state index contributed by atoms with van der Waals surface area (Å²) in [6.45, 7) is 4.51. The summed E-state index contributed by atoms with van der Waals surface area (Å²) >= 11 is 0. The molecule has 1 saturated heterocycles. The van der Waals surface area contributed by atoms with Gasteiger partial charge >= 0.3 is 6.03 Å². The molecule has 0 aliphatic carbocycles. The predicted molar refractivity (Wildman–Crippen MR) is 79.2 cm³/mol. The lowest BCUT2D eigenvalue weighted by Crippen LogP contribution is -2.46. The molecule has 21 heavy (non-hydrogen) atoms. The molecule has 2 amide bonds. The highest BCUT2D eigenvalue weighted by Crippen LogP contribution is 2.24. The van der Waals surface area contributed by atoms with Gasteiger partial charge in [0.05, 0.1) is 12.1 Å². The van der Waals surface area contributed by atoms with Gasteiger partial charge in [-0.15, -0.1) is 0 Å². The second kappa shape index (κ2) is 6.47. The summed E-state index contributed by atoms with van der Waals surface area (Å²) in [5.41, 5.74) is 0. The van der Waals surface area contributed by atoms with E-state index in [0.717, 1.165) is 44.7 Å². The Balaban J connectivity index is 1.49. The van der Waals surface area contributed by atoms with Crippen molar-refractivity contribution in [3.05, 3.63) is 18.2 Å². The van der Waals surface area contributed by atoms with Gasteiger partial charge in [0.2, 0.25) is 0 Å². The summed E-state index contributed by atoms with van der Waals surface area (Å²) in [5, 5.41) is 6.03. The van der Waals surface area contributed by atoms with E-state index in [2.05, 4.69) is 27.1 Å². The molecule has 1 aromatic rings. The molecule has 0 radical (unpaired) electrons. The second-order valence-electron chi connectivity index (χ2n) is 5.89. The van der Waals surface area contributed by atoms with E-state index in [0.29, 0.717) is 12.5 Å². The lowest BCUT2D eigenvalue weighted by Gasteiger charge is -2.24. The molecule has 1 fully saturated rings. The molecule has 0 saturated carbocycles.